The molecule has 0 bridgehead atoms. The zero-order chi connectivity index (χ0) is 28.8. The van der Waals surface area contributed by atoms with E-state index in [0.29, 0.717) is 5.56 Å². The molecule has 210 valence electrons. The predicted molar refractivity (Wildman–Crippen MR) is 149 cm³/mol. The minimum absolute atomic E-state index is 0.265. The Morgan fingerprint density at radius 2 is 1.24 bits per heavy atom. The third kappa shape index (κ3) is 6.59. The Hall–Kier alpha value is -4.61. The van der Waals surface area contributed by atoms with Gasteiger partial charge in [0.2, 0.25) is 5.91 Å². The van der Waals surface area contributed by atoms with Crippen LogP contribution in [-0.4, -0.2) is 65.4 Å². The van der Waals surface area contributed by atoms with Gasteiger partial charge in [-0.3, -0.25) is 4.79 Å². The molecule has 0 aromatic heterocycles. The average Bonchev–Trinajstić information content (AvgIpc) is 3.33. The first-order valence-electron chi connectivity index (χ1n) is 12.7. The molecule has 3 unspecified atom stereocenters. The van der Waals surface area contributed by atoms with Gasteiger partial charge >= 0.3 is 17.9 Å². The first kappa shape index (κ1) is 27.9. The van der Waals surface area contributed by atoms with E-state index in [1.165, 1.54) is 17.2 Å². The van der Waals surface area contributed by atoms with Crippen LogP contribution in [0.2, 0.25) is 0 Å². The summed E-state index contributed by atoms with van der Waals surface area (Å²) < 4.78 is 23.5. The summed E-state index contributed by atoms with van der Waals surface area (Å²) >= 11 is 4.44. The van der Waals surface area contributed by atoms with Crippen molar-refractivity contribution in [1.82, 2.24) is 10.2 Å². The van der Waals surface area contributed by atoms with E-state index in [1.807, 2.05) is 0 Å². The van der Waals surface area contributed by atoms with Crippen molar-refractivity contribution < 1.29 is 38.1 Å². The number of rotatable bonds is 8. The van der Waals surface area contributed by atoms with Crippen molar-refractivity contribution in [1.29, 1.82) is 0 Å². The number of carbonyl (C=O) groups is 4. The van der Waals surface area contributed by atoms with Crippen LogP contribution in [0, 0.1) is 0 Å². The van der Waals surface area contributed by atoms with Crippen molar-refractivity contribution in [2.75, 3.05) is 6.61 Å². The van der Waals surface area contributed by atoms with Crippen LogP contribution >= 0.6 is 12.6 Å². The summed E-state index contributed by atoms with van der Waals surface area (Å²) in [6.45, 7) is -0.322. The number of hydrogen-bond acceptors (Lipinski definition) is 10. The zero-order valence-corrected chi connectivity index (χ0v) is 22.5. The lowest BCUT2D eigenvalue weighted by atomic mass is 10.1. The van der Waals surface area contributed by atoms with E-state index in [9.17, 15) is 19.2 Å². The van der Waals surface area contributed by atoms with Crippen LogP contribution in [0.25, 0.3) is 0 Å². The number of carbonyl (C=O) groups excluding carboxylic acids is 4. The molecule has 3 aromatic carbocycles. The maximum atomic E-state index is 13.2. The summed E-state index contributed by atoms with van der Waals surface area (Å²) in [6.07, 6.45) is -1.81. The molecule has 1 amide bonds. The second-order valence-corrected chi connectivity index (χ2v) is 9.64. The molecule has 41 heavy (non-hydrogen) atoms. The van der Waals surface area contributed by atoms with Gasteiger partial charge in [-0.2, -0.15) is 0 Å². The van der Waals surface area contributed by atoms with Crippen molar-refractivity contribution >= 4 is 36.4 Å². The Bertz CT molecular complexity index is 1420. The van der Waals surface area contributed by atoms with E-state index < -0.39 is 47.9 Å². The molecule has 3 aromatic rings. The lowest BCUT2D eigenvalue weighted by Crippen LogP contribution is -2.54. The van der Waals surface area contributed by atoms with Gasteiger partial charge in [0.25, 0.3) is 0 Å². The van der Waals surface area contributed by atoms with E-state index in [-0.39, 0.29) is 23.6 Å². The Kier molecular flexibility index (Phi) is 8.66. The van der Waals surface area contributed by atoms with Gasteiger partial charge in [-0.25, -0.2) is 14.4 Å². The topological polar surface area (TPSA) is 120 Å². The minimum Gasteiger partial charge on any atom is -0.459 e. The second kappa shape index (κ2) is 12.7. The third-order valence-corrected chi connectivity index (χ3v) is 6.82. The lowest BCUT2D eigenvalue weighted by Gasteiger charge is -2.36. The normalized spacial score (nSPS) is 23.4. The molecular weight excluding hydrogens is 548 g/mol. The van der Waals surface area contributed by atoms with Crippen LogP contribution in [0.3, 0.4) is 0 Å². The van der Waals surface area contributed by atoms with Gasteiger partial charge in [0.1, 0.15) is 18.2 Å². The van der Waals surface area contributed by atoms with E-state index in [2.05, 4.69) is 17.9 Å². The molecule has 0 radical (unpaired) electrons. The molecule has 11 heteroatoms. The quantitative estimate of drug-likeness (QED) is 0.237. The summed E-state index contributed by atoms with van der Waals surface area (Å²) in [5, 5.41) is 2.63. The summed E-state index contributed by atoms with van der Waals surface area (Å²) in [4.78, 5) is 52.5. The van der Waals surface area contributed by atoms with Crippen LogP contribution in [0.15, 0.2) is 103 Å². The van der Waals surface area contributed by atoms with Gasteiger partial charge < -0.3 is 29.2 Å². The lowest BCUT2D eigenvalue weighted by molar-refractivity contribution is -0.123. The highest BCUT2D eigenvalue weighted by Gasteiger charge is 2.53. The fourth-order valence-electron chi connectivity index (χ4n) is 4.41. The van der Waals surface area contributed by atoms with Crippen LogP contribution in [0.4, 0.5) is 0 Å². The Labute approximate surface area is 241 Å². The molecule has 0 spiro atoms. The van der Waals surface area contributed by atoms with E-state index >= 15 is 0 Å². The van der Waals surface area contributed by atoms with Crippen LogP contribution in [0.5, 0.6) is 0 Å². The summed E-state index contributed by atoms with van der Waals surface area (Å²) in [5.41, 5.74) is 0.000117. The SMILES string of the molecule is O=C1C=CN([C@@H]2O[C@H](COC(=O)c3ccccc3)C(OC(=O)c3ccccc3)C2OC(=O)c2ccccc2)C(S)N1. The van der Waals surface area contributed by atoms with Crippen molar-refractivity contribution in [3.05, 3.63) is 120 Å². The van der Waals surface area contributed by atoms with Crippen LogP contribution in [0.1, 0.15) is 31.1 Å². The van der Waals surface area contributed by atoms with E-state index in [1.54, 1.807) is 91.0 Å². The number of amides is 1. The number of nitrogens with zero attached hydrogens (tertiary/aromatic N) is 1. The zero-order valence-electron chi connectivity index (χ0n) is 21.6. The summed E-state index contributed by atoms with van der Waals surface area (Å²) in [5.74, 6) is -2.36. The molecule has 2 heterocycles. The molecular formula is C30H26N2O8S. The Balaban J connectivity index is 1.46. The predicted octanol–water partition coefficient (Wildman–Crippen LogP) is 3.18. The number of esters is 3. The fraction of sp³-hybridized carbons (Fsp3) is 0.200. The van der Waals surface area contributed by atoms with Crippen molar-refractivity contribution in [3.63, 3.8) is 0 Å². The molecule has 1 fully saturated rings. The number of benzene rings is 3. The fourth-order valence-corrected chi connectivity index (χ4v) is 4.74. The molecule has 5 atom stereocenters. The molecule has 2 aliphatic heterocycles. The highest BCUT2D eigenvalue weighted by molar-refractivity contribution is 7.80. The average molecular weight is 575 g/mol. The van der Waals surface area contributed by atoms with E-state index in [0.717, 1.165) is 0 Å². The van der Waals surface area contributed by atoms with Gasteiger partial charge in [-0.05, 0) is 36.4 Å². The molecule has 10 nitrogen and oxygen atoms in total. The van der Waals surface area contributed by atoms with E-state index in [4.69, 9.17) is 18.9 Å². The van der Waals surface area contributed by atoms with Crippen molar-refractivity contribution in [2.45, 2.75) is 30.0 Å². The highest BCUT2D eigenvalue weighted by atomic mass is 32.1. The molecule has 1 saturated heterocycles. The summed E-state index contributed by atoms with van der Waals surface area (Å²) in [6, 6.07) is 25.0. The molecule has 5 rings (SSSR count). The van der Waals surface area contributed by atoms with Crippen molar-refractivity contribution in [2.24, 2.45) is 0 Å². The molecule has 0 aliphatic carbocycles. The van der Waals surface area contributed by atoms with Crippen LogP contribution in [-0.2, 0) is 23.7 Å². The minimum atomic E-state index is -1.20. The number of ether oxygens (including phenoxy) is 4. The molecule has 0 saturated carbocycles. The first-order valence-corrected chi connectivity index (χ1v) is 13.3. The first-order chi connectivity index (χ1) is 19.9. The van der Waals surface area contributed by atoms with Gasteiger partial charge in [-0.1, -0.05) is 54.6 Å². The highest BCUT2D eigenvalue weighted by Crippen LogP contribution is 2.33. The largest absolute Gasteiger partial charge is 0.459 e. The van der Waals surface area contributed by atoms with Crippen molar-refractivity contribution in [3.8, 4) is 0 Å². The van der Waals surface area contributed by atoms with Crippen LogP contribution < -0.4 is 5.32 Å². The van der Waals surface area contributed by atoms with Gasteiger partial charge in [0.15, 0.2) is 18.4 Å². The Morgan fingerprint density at radius 1 is 0.756 bits per heavy atom. The second-order valence-electron chi connectivity index (χ2n) is 9.15. The maximum absolute atomic E-state index is 13.2. The number of thiol groups is 1. The van der Waals surface area contributed by atoms with Gasteiger partial charge in [0.05, 0.1) is 16.7 Å². The Morgan fingerprint density at radius 3 is 1.76 bits per heavy atom. The van der Waals surface area contributed by atoms with Gasteiger partial charge in [0, 0.05) is 12.3 Å². The summed E-state index contributed by atoms with van der Waals surface area (Å²) in [7, 11) is 0. The number of nitrogens with one attached hydrogen (secondary N) is 1. The molecule has 2 aliphatic rings. The number of hydrogen-bond donors (Lipinski definition) is 2. The van der Waals surface area contributed by atoms with Gasteiger partial charge in [-0.15, -0.1) is 12.6 Å². The molecule has 1 N–H and O–H groups in total. The maximum Gasteiger partial charge on any atom is 0.338 e. The standard InChI is InChI=1S/C30H26N2O8S/c33-23-16-17-32(30(41)31-23)26-25(40-29(36)21-14-8-3-9-15-21)24(39-28(35)20-12-6-2-7-13-20)22(38-26)18-37-27(34)19-10-4-1-5-11-19/h1-17,22,24-26,30,41H,18H2,(H,31,33)/t22-,24?,25?,26-,30?/m1/s1. The third-order valence-electron chi connectivity index (χ3n) is 6.42. The monoisotopic (exact) mass is 574 g/mol. The smallest absolute Gasteiger partial charge is 0.338 e.